The number of nitrogens with zero attached hydrogens (tertiary/aromatic N) is 2. The van der Waals surface area contributed by atoms with Gasteiger partial charge in [0.15, 0.2) is 0 Å². The quantitative estimate of drug-likeness (QED) is 0.875. The zero-order valence-corrected chi connectivity index (χ0v) is 11.9. The molecule has 0 bridgehead atoms. The van der Waals surface area contributed by atoms with E-state index in [4.69, 9.17) is 9.26 Å². The van der Waals surface area contributed by atoms with Gasteiger partial charge in [-0.3, -0.25) is 0 Å². The van der Waals surface area contributed by atoms with Crippen LogP contribution in [0.3, 0.4) is 0 Å². The lowest BCUT2D eigenvalue weighted by atomic mass is 9.85. The second-order valence-electron chi connectivity index (χ2n) is 5.90. The Morgan fingerprint density at radius 3 is 2.80 bits per heavy atom. The Morgan fingerprint density at radius 2 is 2.15 bits per heavy atom. The van der Waals surface area contributed by atoms with Gasteiger partial charge in [0.1, 0.15) is 6.10 Å². The molecule has 112 valence electrons. The molecule has 3 rings (SSSR count). The Balaban J connectivity index is 1.70. The molecule has 1 aromatic rings. The summed E-state index contributed by atoms with van der Waals surface area (Å²) in [6.45, 7) is 0.582. The number of ether oxygens (including phenoxy) is 1. The van der Waals surface area contributed by atoms with Gasteiger partial charge < -0.3 is 19.7 Å². The SMILES string of the molecule is COC(c1noc([C@@H]2CC(O)CN2)n1)C1CCCCC1. The van der Waals surface area contributed by atoms with Crippen molar-refractivity contribution in [2.45, 2.75) is 56.8 Å². The van der Waals surface area contributed by atoms with Crippen molar-refractivity contribution in [1.82, 2.24) is 15.5 Å². The van der Waals surface area contributed by atoms with Crippen LogP contribution < -0.4 is 5.32 Å². The second kappa shape index (κ2) is 6.20. The first-order valence-electron chi connectivity index (χ1n) is 7.55. The van der Waals surface area contributed by atoms with Crippen LogP contribution in [0.1, 0.15) is 62.4 Å². The molecule has 2 N–H and O–H groups in total. The highest BCUT2D eigenvalue weighted by Gasteiger charge is 2.32. The van der Waals surface area contributed by atoms with E-state index in [0.29, 0.717) is 30.6 Å². The Hall–Kier alpha value is -0.980. The fourth-order valence-electron chi connectivity index (χ4n) is 3.36. The third-order valence-electron chi connectivity index (χ3n) is 4.45. The number of nitrogens with one attached hydrogen (secondary N) is 1. The Morgan fingerprint density at radius 1 is 1.35 bits per heavy atom. The fraction of sp³-hybridized carbons (Fsp3) is 0.857. The molecule has 2 aliphatic rings. The van der Waals surface area contributed by atoms with Crippen LogP contribution in [0.4, 0.5) is 0 Å². The van der Waals surface area contributed by atoms with Crippen LogP contribution in [0, 0.1) is 5.92 Å². The summed E-state index contributed by atoms with van der Waals surface area (Å²) >= 11 is 0. The van der Waals surface area contributed by atoms with Gasteiger partial charge in [-0.25, -0.2) is 0 Å². The average Bonchev–Trinajstić information content (AvgIpc) is 3.10. The van der Waals surface area contributed by atoms with Gasteiger partial charge in [-0.2, -0.15) is 4.98 Å². The minimum absolute atomic E-state index is 0.0323. The highest BCUT2D eigenvalue weighted by atomic mass is 16.5. The van der Waals surface area contributed by atoms with Crippen molar-refractivity contribution in [3.63, 3.8) is 0 Å². The lowest BCUT2D eigenvalue weighted by Gasteiger charge is -2.26. The van der Waals surface area contributed by atoms with Crippen molar-refractivity contribution < 1.29 is 14.4 Å². The lowest BCUT2D eigenvalue weighted by molar-refractivity contribution is 0.0273. The van der Waals surface area contributed by atoms with E-state index < -0.39 is 0 Å². The standard InChI is InChI=1S/C14H23N3O3/c1-19-12(9-5-3-2-4-6-9)13-16-14(20-17-13)11-7-10(18)8-15-11/h9-12,15,18H,2-8H2,1H3/t10?,11-,12?/m0/s1. The molecular formula is C14H23N3O3. The topological polar surface area (TPSA) is 80.4 Å². The van der Waals surface area contributed by atoms with Crippen molar-refractivity contribution >= 4 is 0 Å². The molecule has 1 aliphatic carbocycles. The number of β-amino-alcohol motifs (C(OH)–C–C–N with tert-alkyl or cyclic N) is 1. The predicted molar refractivity (Wildman–Crippen MR) is 72.0 cm³/mol. The summed E-state index contributed by atoms with van der Waals surface area (Å²) in [5, 5.41) is 16.8. The monoisotopic (exact) mass is 281 g/mol. The molecule has 20 heavy (non-hydrogen) atoms. The normalized spacial score (nSPS) is 29.7. The maximum atomic E-state index is 9.55. The number of aromatic nitrogens is 2. The van der Waals surface area contributed by atoms with Crippen molar-refractivity contribution in [2.75, 3.05) is 13.7 Å². The van der Waals surface area contributed by atoms with Gasteiger partial charge in [-0.05, 0) is 25.2 Å². The number of hydrogen-bond donors (Lipinski definition) is 2. The molecule has 2 heterocycles. The Labute approximate surface area is 118 Å². The minimum Gasteiger partial charge on any atom is -0.392 e. The zero-order chi connectivity index (χ0) is 13.9. The van der Waals surface area contributed by atoms with Crippen molar-refractivity contribution in [3.8, 4) is 0 Å². The molecule has 1 saturated heterocycles. The van der Waals surface area contributed by atoms with Crippen LogP contribution in [0.15, 0.2) is 4.52 Å². The molecule has 0 amide bonds. The lowest BCUT2D eigenvalue weighted by Crippen LogP contribution is -2.19. The van der Waals surface area contributed by atoms with E-state index in [1.165, 1.54) is 32.1 Å². The van der Waals surface area contributed by atoms with Crippen LogP contribution in [0.5, 0.6) is 0 Å². The van der Waals surface area contributed by atoms with Crippen LogP contribution in [0.2, 0.25) is 0 Å². The van der Waals surface area contributed by atoms with Gasteiger partial charge >= 0.3 is 0 Å². The first-order chi connectivity index (χ1) is 9.78. The van der Waals surface area contributed by atoms with E-state index in [9.17, 15) is 5.11 Å². The summed E-state index contributed by atoms with van der Waals surface area (Å²) in [6, 6.07) is -0.0323. The molecule has 3 atom stereocenters. The summed E-state index contributed by atoms with van der Waals surface area (Å²) in [5.41, 5.74) is 0. The Bertz CT molecular complexity index is 431. The minimum atomic E-state index is -0.327. The van der Waals surface area contributed by atoms with Gasteiger partial charge in [0.2, 0.25) is 11.7 Å². The summed E-state index contributed by atoms with van der Waals surface area (Å²) < 4.78 is 11.0. The van der Waals surface area contributed by atoms with Crippen molar-refractivity contribution in [1.29, 1.82) is 0 Å². The van der Waals surface area contributed by atoms with Crippen LogP contribution in [-0.2, 0) is 4.74 Å². The largest absolute Gasteiger partial charge is 0.392 e. The van der Waals surface area contributed by atoms with E-state index in [-0.39, 0.29) is 18.2 Å². The third kappa shape index (κ3) is 2.87. The van der Waals surface area contributed by atoms with Gasteiger partial charge in [-0.1, -0.05) is 24.4 Å². The van der Waals surface area contributed by atoms with E-state index in [0.717, 1.165) is 0 Å². The molecule has 1 aromatic heterocycles. The number of aliphatic hydroxyl groups excluding tert-OH is 1. The maximum Gasteiger partial charge on any atom is 0.243 e. The third-order valence-corrected chi connectivity index (χ3v) is 4.45. The summed E-state index contributed by atoms with van der Waals surface area (Å²) in [4.78, 5) is 4.50. The van der Waals surface area contributed by atoms with Gasteiger partial charge in [0.05, 0.1) is 12.1 Å². The first-order valence-corrected chi connectivity index (χ1v) is 7.55. The second-order valence-corrected chi connectivity index (χ2v) is 5.90. The van der Waals surface area contributed by atoms with E-state index in [1.807, 2.05) is 0 Å². The highest BCUT2D eigenvalue weighted by Crippen LogP contribution is 2.35. The first kappa shape index (κ1) is 14.0. The van der Waals surface area contributed by atoms with Gasteiger partial charge in [0, 0.05) is 13.7 Å². The number of hydrogen-bond acceptors (Lipinski definition) is 6. The molecule has 2 unspecified atom stereocenters. The molecule has 6 nitrogen and oxygen atoms in total. The highest BCUT2D eigenvalue weighted by molar-refractivity contribution is 5.00. The fourth-order valence-corrected chi connectivity index (χ4v) is 3.36. The molecule has 6 heteroatoms. The Kier molecular flexibility index (Phi) is 4.33. The number of rotatable bonds is 4. The van der Waals surface area contributed by atoms with Crippen molar-refractivity contribution in [2.24, 2.45) is 5.92 Å². The molecule has 1 aliphatic heterocycles. The summed E-state index contributed by atoms with van der Waals surface area (Å²) in [5.74, 6) is 1.70. The molecule has 2 fully saturated rings. The molecule has 0 spiro atoms. The molecule has 0 radical (unpaired) electrons. The summed E-state index contributed by atoms with van der Waals surface area (Å²) in [7, 11) is 1.72. The van der Waals surface area contributed by atoms with Gasteiger partial charge in [0.25, 0.3) is 0 Å². The number of aliphatic hydroxyl groups is 1. The van der Waals surface area contributed by atoms with Crippen LogP contribution in [-0.4, -0.2) is 35.0 Å². The average molecular weight is 281 g/mol. The van der Waals surface area contributed by atoms with Gasteiger partial charge in [-0.15, -0.1) is 0 Å². The maximum absolute atomic E-state index is 9.55. The van der Waals surface area contributed by atoms with E-state index >= 15 is 0 Å². The zero-order valence-electron chi connectivity index (χ0n) is 11.9. The van der Waals surface area contributed by atoms with Crippen molar-refractivity contribution in [3.05, 3.63) is 11.7 Å². The number of methoxy groups -OCH3 is 1. The van der Waals surface area contributed by atoms with E-state index in [1.54, 1.807) is 7.11 Å². The molecular weight excluding hydrogens is 258 g/mol. The van der Waals surface area contributed by atoms with E-state index in [2.05, 4.69) is 15.5 Å². The molecule has 1 saturated carbocycles. The van der Waals surface area contributed by atoms with Crippen LogP contribution in [0.25, 0.3) is 0 Å². The summed E-state index contributed by atoms with van der Waals surface area (Å²) in [6.07, 6.45) is 6.39. The van der Waals surface area contributed by atoms with Crippen LogP contribution >= 0.6 is 0 Å². The molecule has 0 aromatic carbocycles. The predicted octanol–water partition coefficient (Wildman–Crippen LogP) is 1.73. The smallest absolute Gasteiger partial charge is 0.243 e.